The van der Waals surface area contributed by atoms with Gasteiger partial charge in [-0.3, -0.25) is 0 Å². The van der Waals surface area contributed by atoms with Gasteiger partial charge in [0.25, 0.3) is 0 Å². The van der Waals surface area contributed by atoms with Gasteiger partial charge in [-0.15, -0.1) is 17.5 Å². The van der Waals surface area contributed by atoms with Crippen molar-refractivity contribution >= 4 is 29.5 Å². The molecule has 0 aliphatic carbocycles. The molecule has 2 heterocycles. The molecule has 19 heavy (non-hydrogen) atoms. The van der Waals surface area contributed by atoms with Crippen LogP contribution in [0.5, 0.6) is 0 Å². The Morgan fingerprint density at radius 2 is 1.84 bits per heavy atom. The molecule has 1 aromatic carbocycles. The zero-order valence-corrected chi connectivity index (χ0v) is 11.5. The monoisotopic (exact) mass is 281 g/mol. The molecule has 0 unspecified atom stereocenters. The van der Waals surface area contributed by atoms with Crippen LogP contribution in [0.2, 0.25) is 0 Å². The molecule has 0 N–H and O–H groups in total. The van der Waals surface area contributed by atoms with Crippen LogP contribution in [-0.2, 0) is 0 Å². The first-order chi connectivity index (χ1) is 8.75. The van der Waals surface area contributed by atoms with Crippen molar-refractivity contribution in [1.82, 2.24) is 24.8 Å². The summed E-state index contributed by atoms with van der Waals surface area (Å²) >= 11 is 0. The number of para-hydroxylation sites is 1. The standard InChI is InChI=1S/C12H15N5O.ClH/c1-15-6-8-16(9-7-15)12(18)17-11-5-3-2-4-10(11)13-14-17;/h2-5H,6-9H2,1H3;1H. The van der Waals surface area contributed by atoms with Gasteiger partial charge in [0.2, 0.25) is 0 Å². The van der Waals surface area contributed by atoms with Crippen LogP contribution in [0.3, 0.4) is 0 Å². The molecule has 1 saturated heterocycles. The van der Waals surface area contributed by atoms with Crippen LogP contribution < -0.4 is 0 Å². The van der Waals surface area contributed by atoms with Crippen molar-refractivity contribution in [3.63, 3.8) is 0 Å². The number of likely N-dealkylation sites (N-methyl/N-ethyl adjacent to an activating group) is 1. The number of benzene rings is 1. The topological polar surface area (TPSA) is 54.3 Å². The van der Waals surface area contributed by atoms with Gasteiger partial charge in [-0.2, -0.15) is 4.68 Å². The molecule has 0 saturated carbocycles. The molecule has 0 bridgehead atoms. The Kier molecular flexibility index (Phi) is 4.01. The Hall–Kier alpha value is -1.66. The van der Waals surface area contributed by atoms with E-state index < -0.39 is 0 Å². The number of hydrogen-bond acceptors (Lipinski definition) is 4. The van der Waals surface area contributed by atoms with Crippen molar-refractivity contribution < 1.29 is 4.79 Å². The summed E-state index contributed by atoms with van der Waals surface area (Å²) < 4.78 is 1.39. The Morgan fingerprint density at radius 3 is 2.58 bits per heavy atom. The second-order valence-electron chi connectivity index (χ2n) is 4.56. The molecule has 6 nitrogen and oxygen atoms in total. The average molecular weight is 282 g/mol. The lowest BCUT2D eigenvalue weighted by Gasteiger charge is -2.31. The van der Waals surface area contributed by atoms with Crippen LogP contribution in [0.25, 0.3) is 11.0 Å². The third-order valence-electron chi connectivity index (χ3n) is 3.31. The maximum absolute atomic E-state index is 12.3. The fraction of sp³-hybridized carbons (Fsp3) is 0.417. The summed E-state index contributed by atoms with van der Waals surface area (Å²) in [6.45, 7) is 3.28. The van der Waals surface area contributed by atoms with E-state index >= 15 is 0 Å². The zero-order valence-electron chi connectivity index (χ0n) is 10.7. The second-order valence-corrected chi connectivity index (χ2v) is 4.56. The van der Waals surface area contributed by atoms with Gasteiger partial charge in [-0.1, -0.05) is 17.3 Å². The minimum atomic E-state index is -0.0863. The molecule has 1 aromatic heterocycles. The summed E-state index contributed by atoms with van der Waals surface area (Å²) in [6.07, 6.45) is 0. The molecular weight excluding hydrogens is 266 g/mol. The summed E-state index contributed by atoms with van der Waals surface area (Å²) in [6, 6.07) is 7.41. The summed E-state index contributed by atoms with van der Waals surface area (Å²) in [7, 11) is 2.06. The van der Waals surface area contributed by atoms with Gasteiger partial charge in [0.05, 0.1) is 5.52 Å². The fourth-order valence-corrected chi connectivity index (χ4v) is 2.14. The highest BCUT2D eigenvalue weighted by Gasteiger charge is 2.22. The minimum Gasteiger partial charge on any atom is -0.320 e. The number of rotatable bonds is 0. The van der Waals surface area contributed by atoms with Crippen LogP contribution in [0, 0.1) is 0 Å². The summed E-state index contributed by atoms with van der Waals surface area (Å²) in [4.78, 5) is 16.4. The van der Waals surface area contributed by atoms with Gasteiger partial charge in [-0.05, 0) is 19.2 Å². The Labute approximate surface area is 117 Å². The highest BCUT2D eigenvalue weighted by molar-refractivity contribution is 5.87. The third kappa shape index (κ3) is 2.54. The number of aromatic nitrogens is 3. The number of amides is 1. The minimum absolute atomic E-state index is 0. The van der Waals surface area contributed by atoms with E-state index in [1.807, 2.05) is 29.2 Å². The van der Waals surface area contributed by atoms with Gasteiger partial charge >= 0.3 is 6.03 Å². The number of nitrogens with zero attached hydrogens (tertiary/aromatic N) is 5. The van der Waals surface area contributed by atoms with E-state index in [1.54, 1.807) is 0 Å². The number of carbonyl (C=O) groups excluding carboxylic acids is 1. The van der Waals surface area contributed by atoms with Crippen LogP contribution in [0.4, 0.5) is 4.79 Å². The number of fused-ring (bicyclic) bond motifs is 1. The smallest absolute Gasteiger partial charge is 0.320 e. The molecule has 0 atom stereocenters. The highest BCUT2D eigenvalue weighted by Crippen LogP contribution is 2.11. The molecule has 3 rings (SSSR count). The highest BCUT2D eigenvalue weighted by atomic mass is 35.5. The van der Waals surface area contributed by atoms with Crippen LogP contribution >= 0.6 is 12.4 Å². The molecule has 102 valence electrons. The van der Waals surface area contributed by atoms with E-state index in [1.165, 1.54) is 4.68 Å². The van der Waals surface area contributed by atoms with E-state index in [-0.39, 0.29) is 18.4 Å². The van der Waals surface area contributed by atoms with E-state index in [0.717, 1.165) is 37.2 Å². The summed E-state index contributed by atoms with van der Waals surface area (Å²) in [5.74, 6) is 0. The van der Waals surface area contributed by atoms with Gasteiger partial charge < -0.3 is 9.80 Å². The van der Waals surface area contributed by atoms with Crippen molar-refractivity contribution in [3.05, 3.63) is 24.3 Å². The van der Waals surface area contributed by atoms with Crippen LogP contribution in [0.15, 0.2) is 24.3 Å². The Morgan fingerprint density at radius 1 is 1.16 bits per heavy atom. The molecule has 1 aliphatic heterocycles. The van der Waals surface area contributed by atoms with Gasteiger partial charge in [0.15, 0.2) is 0 Å². The van der Waals surface area contributed by atoms with E-state index in [2.05, 4.69) is 22.3 Å². The predicted octanol–water partition coefficient (Wildman–Crippen LogP) is 1.07. The zero-order chi connectivity index (χ0) is 12.5. The lowest BCUT2D eigenvalue weighted by atomic mass is 10.3. The first-order valence-corrected chi connectivity index (χ1v) is 6.04. The molecule has 0 spiro atoms. The fourth-order valence-electron chi connectivity index (χ4n) is 2.14. The quantitative estimate of drug-likeness (QED) is 0.725. The first kappa shape index (κ1) is 13.8. The van der Waals surface area contributed by atoms with Crippen LogP contribution in [-0.4, -0.2) is 64.1 Å². The molecule has 0 radical (unpaired) electrons. The number of carbonyl (C=O) groups is 1. The maximum Gasteiger partial charge on any atom is 0.346 e. The molecule has 2 aromatic rings. The Balaban J connectivity index is 0.00000133. The molecule has 7 heteroatoms. The predicted molar refractivity (Wildman–Crippen MR) is 74.6 cm³/mol. The van der Waals surface area contributed by atoms with E-state index in [0.29, 0.717) is 0 Å². The van der Waals surface area contributed by atoms with Crippen LogP contribution in [0.1, 0.15) is 0 Å². The number of piperazine rings is 1. The number of halogens is 1. The van der Waals surface area contributed by atoms with Crippen molar-refractivity contribution in [2.45, 2.75) is 0 Å². The third-order valence-corrected chi connectivity index (χ3v) is 3.31. The van der Waals surface area contributed by atoms with Gasteiger partial charge in [0, 0.05) is 26.2 Å². The second kappa shape index (κ2) is 5.54. The molecule has 1 amide bonds. The van der Waals surface area contributed by atoms with Gasteiger partial charge in [-0.25, -0.2) is 4.79 Å². The average Bonchev–Trinajstić information content (AvgIpc) is 2.82. The lowest BCUT2D eigenvalue weighted by Crippen LogP contribution is -2.48. The van der Waals surface area contributed by atoms with Crippen molar-refractivity contribution in [3.8, 4) is 0 Å². The lowest BCUT2D eigenvalue weighted by molar-refractivity contribution is 0.153. The van der Waals surface area contributed by atoms with Crippen molar-refractivity contribution in [2.75, 3.05) is 33.2 Å². The SMILES string of the molecule is CN1CCN(C(=O)n2nnc3ccccc32)CC1.Cl. The van der Waals surface area contributed by atoms with Gasteiger partial charge in [0.1, 0.15) is 5.52 Å². The molecule has 1 fully saturated rings. The van der Waals surface area contributed by atoms with E-state index in [4.69, 9.17) is 0 Å². The number of hydrogen-bond donors (Lipinski definition) is 0. The Bertz CT molecular complexity index is 576. The maximum atomic E-state index is 12.3. The summed E-state index contributed by atoms with van der Waals surface area (Å²) in [5, 5.41) is 7.96. The van der Waals surface area contributed by atoms with E-state index in [9.17, 15) is 4.79 Å². The van der Waals surface area contributed by atoms with Crippen molar-refractivity contribution in [1.29, 1.82) is 0 Å². The normalized spacial score (nSPS) is 16.4. The van der Waals surface area contributed by atoms with Crippen molar-refractivity contribution in [2.24, 2.45) is 0 Å². The first-order valence-electron chi connectivity index (χ1n) is 6.04. The molecule has 1 aliphatic rings. The summed E-state index contributed by atoms with van der Waals surface area (Å²) in [5.41, 5.74) is 1.52. The molecular formula is C12H16ClN5O. The largest absolute Gasteiger partial charge is 0.346 e.